The van der Waals surface area contributed by atoms with Gasteiger partial charge in [0, 0.05) is 12.7 Å². The van der Waals surface area contributed by atoms with Crippen LogP contribution in [0.3, 0.4) is 0 Å². The number of aromatic carboxylic acids is 1. The molecule has 2 heterocycles. The Kier molecular flexibility index (Phi) is 4.61. The highest BCUT2D eigenvalue weighted by molar-refractivity contribution is 6.33. The van der Waals surface area contributed by atoms with E-state index in [2.05, 4.69) is 22.2 Å². The molecule has 2 rings (SSSR count). The highest BCUT2D eigenvalue weighted by atomic mass is 35.5. The zero-order chi connectivity index (χ0) is 13.8. The molecule has 0 amide bonds. The zero-order valence-electron chi connectivity index (χ0n) is 10.9. The van der Waals surface area contributed by atoms with E-state index in [-0.39, 0.29) is 10.6 Å². The van der Waals surface area contributed by atoms with Crippen LogP contribution in [0.15, 0.2) is 12.3 Å². The summed E-state index contributed by atoms with van der Waals surface area (Å²) in [4.78, 5) is 17.4. The lowest BCUT2D eigenvalue weighted by atomic mass is 9.97. The van der Waals surface area contributed by atoms with Gasteiger partial charge >= 0.3 is 5.97 Å². The van der Waals surface area contributed by atoms with E-state index in [0.717, 1.165) is 32.5 Å². The molecule has 0 unspecified atom stereocenters. The minimum Gasteiger partial charge on any atom is -0.478 e. The quantitative estimate of drug-likeness (QED) is 0.887. The summed E-state index contributed by atoms with van der Waals surface area (Å²) in [6, 6.07) is 1.49. The number of piperidine rings is 1. The maximum atomic E-state index is 11.0. The number of nitrogens with one attached hydrogen (secondary N) is 1. The van der Waals surface area contributed by atoms with Gasteiger partial charge in [0.15, 0.2) is 0 Å². The molecule has 0 radical (unpaired) electrons. The summed E-state index contributed by atoms with van der Waals surface area (Å²) in [6.07, 6.45) is 3.69. The molecule has 19 heavy (non-hydrogen) atoms. The average Bonchev–Trinajstić information content (AvgIpc) is 2.39. The smallest absolute Gasteiger partial charge is 0.337 e. The van der Waals surface area contributed by atoms with E-state index in [1.807, 2.05) is 0 Å². The predicted octanol–water partition coefficient (Wildman–Crippen LogP) is 2.19. The topological polar surface area (TPSA) is 65.5 Å². The molecule has 0 aromatic carbocycles. The number of carboxylic acids is 1. The molecule has 0 spiro atoms. The predicted molar refractivity (Wildman–Crippen MR) is 74.9 cm³/mol. The Morgan fingerprint density at radius 1 is 1.58 bits per heavy atom. The molecule has 1 fully saturated rings. The number of hydrogen-bond donors (Lipinski definition) is 2. The van der Waals surface area contributed by atoms with Crippen LogP contribution in [0, 0.1) is 5.92 Å². The molecule has 0 bridgehead atoms. The third-order valence-electron chi connectivity index (χ3n) is 3.50. The molecule has 1 aromatic heterocycles. The SMILES string of the molecule is CN1CCC(CNc2cc(C(=O)O)c(Cl)cn2)CC1. The fourth-order valence-electron chi connectivity index (χ4n) is 2.21. The van der Waals surface area contributed by atoms with Crippen molar-refractivity contribution in [2.45, 2.75) is 12.8 Å². The van der Waals surface area contributed by atoms with Crippen LogP contribution in [0.5, 0.6) is 0 Å². The first-order chi connectivity index (χ1) is 9.06. The van der Waals surface area contributed by atoms with E-state index in [9.17, 15) is 4.79 Å². The van der Waals surface area contributed by atoms with E-state index in [1.165, 1.54) is 12.3 Å². The Hall–Kier alpha value is -1.33. The Morgan fingerprint density at radius 2 is 2.26 bits per heavy atom. The van der Waals surface area contributed by atoms with Crippen LogP contribution < -0.4 is 5.32 Å². The molecule has 1 aliphatic heterocycles. The highest BCUT2D eigenvalue weighted by Crippen LogP contribution is 2.20. The number of rotatable bonds is 4. The minimum absolute atomic E-state index is 0.0857. The van der Waals surface area contributed by atoms with Gasteiger partial charge in [0.25, 0.3) is 0 Å². The number of carbonyl (C=O) groups is 1. The van der Waals surface area contributed by atoms with Gasteiger partial charge in [-0.2, -0.15) is 0 Å². The van der Waals surface area contributed by atoms with E-state index in [0.29, 0.717) is 11.7 Å². The van der Waals surface area contributed by atoms with Crippen molar-refractivity contribution in [3.05, 3.63) is 22.8 Å². The summed E-state index contributed by atoms with van der Waals surface area (Å²) < 4.78 is 0. The summed E-state index contributed by atoms with van der Waals surface area (Å²) in [5, 5.41) is 12.4. The lowest BCUT2D eigenvalue weighted by Gasteiger charge is -2.29. The first-order valence-corrected chi connectivity index (χ1v) is 6.75. The average molecular weight is 284 g/mol. The molecule has 6 heteroatoms. The van der Waals surface area contributed by atoms with Gasteiger partial charge in [0.1, 0.15) is 5.82 Å². The van der Waals surface area contributed by atoms with Gasteiger partial charge in [0.05, 0.1) is 10.6 Å². The van der Waals surface area contributed by atoms with Crippen molar-refractivity contribution >= 4 is 23.4 Å². The number of pyridine rings is 1. The number of carboxylic acid groups (broad SMARTS) is 1. The minimum atomic E-state index is -1.03. The van der Waals surface area contributed by atoms with Gasteiger partial charge in [-0.15, -0.1) is 0 Å². The van der Waals surface area contributed by atoms with E-state index in [1.54, 1.807) is 0 Å². The lowest BCUT2D eigenvalue weighted by Crippen LogP contribution is -2.33. The number of anilines is 1. The van der Waals surface area contributed by atoms with Crippen LogP contribution in [0.2, 0.25) is 5.02 Å². The summed E-state index contributed by atoms with van der Waals surface area (Å²) in [7, 11) is 2.13. The first kappa shape index (κ1) is 14.1. The molecule has 104 valence electrons. The molecule has 5 nitrogen and oxygen atoms in total. The second-order valence-corrected chi connectivity index (χ2v) is 5.39. The second kappa shape index (κ2) is 6.21. The standard InChI is InChI=1S/C13H18ClN3O2/c1-17-4-2-9(3-5-17)7-15-12-6-10(13(18)19)11(14)8-16-12/h6,8-9H,2-5,7H2,1H3,(H,15,16)(H,18,19). The van der Waals surface area contributed by atoms with Crippen molar-refractivity contribution in [2.75, 3.05) is 32.0 Å². The van der Waals surface area contributed by atoms with Crippen molar-refractivity contribution in [3.8, 4) is 0 Å². The van der Waals surface area contributed by atoms with Crippen LogP contribution >= 0.6 is 11.6 Å². The molecule has 2 N–H and O–H groups in total. The zero-order valence-corrected chi connectivity index (χ0v) is 11.7. The van der Waals surface area contributed by atoms with Crippen molar-refractivity contribution in [3.63, 3.8) is 0 Å². The largest absolute Gasteiger partial charge is 0.478 e. The van der Waals surface area contributed by atoms with Crippen molar-refractivity contribution in [1.82, 2.24) is 9.88 Å². The van der Waals surface area contributed by atoms with E-state index < -0.39 is 5.97 Å². The third-order valence-corrected chi connectivity index (χ3v) is 3.80. The molecule has 0 aliphatic carbocycles. The van der Waals surface area contributed by atoms with Crippen LogP contribution in [0.1, 0.15) is 23.2 Å². The van der Waals surface area contributed by atoms with Gasteiger partial charge in [-0.3, -0.25) is 0 Å². The molecule has 1 aromatic rings. The monoisotopic (exact) mass is 283 g/mol. The molecular weight excluding hydrogens is 266 g/mol. The summed E-state index contributed by atoms with van der Waals surface area (Å²) in [5.74, 6) is 0.150. The normalized spacial score (nSPS) is 17.4. The Balaban J connectivity index is 1.92. The van der Waals surface area contributed by atoms with Crippen LogP contribution in [0.4, 0.5) is 5.82 Å². The number of nitrogens with zero attached hydrogens (tertiary/aromatic N) is 2. The number of aromatic nitrogens is 1. The fraction of sp³-hybridized carbons (Fsp3) is 0.538. The molecule has 1 aliphatic rings. The van der Waals surface area contributed by atoms with E-state index >= 15 is 0 Å². The Bertz CT molecular complexity index is 459. The lowest BCUT2D eigenvalue weighted by molar-refractivity contribution is 0.0697. The van der Waals surface area contributed by atoms with Crippen LogP contribution in [-0.2, 0) is 0 Å². The maximum Gasteiger partial charge on any atom is 0.337 e. The first-order valence-electron chi connectivity index (χ1n) is 6.37. The number of hydrogen-bond acceptors (Lipinski definition) is 4. The van der Waals surface area contributed by atoms with Gasteiger partial charge < -0.3 is 15.3 Å². The van der Waals surface area contributed by atoms with Gasteiger partial charge in [-0.25, -0.2) is 9.78 Å². The van der Waals surface area contributed by atoms with Crippen LogP contribution in [-0.4, -0.2) is 47.6 Å². The van der Waals surface area contributed by atoms with Crippen molar-refractivity contribution in [1.29, 1.82) is 0 Å². The Labute approximate surface area is 117 Å². The summed E-state index contributed by atoms with van der Waals surface area (Å²) >= 11 is 5.78. The van der Waals surface area contributed by atoms with Gasteiger partial charge in [-0.1, -0.05) is 11.6 Å². The van der Waals surface area contributed by atoms with Crippen molar-refractivity contribution in [2.24, 2.45) is 5.92 Å². The maximum absolute atomic E-state index is 11.0. The van der Waals surface area contributed by atoms with E-state index in [4.69, 9.17) is 16.7 Å². The second-order valence-electron chi connectivity index (χ2n) is 4.98. The van der Waals surface area contributed by atoms with Gasteiger partial charge in [-0.05, 0) is 45.0 Å². The van der Waals surface area contributed by atoms with Crippen molar-refractivity contribution < 1.29 is 9.90 Å². The highest BCUT2D eigenvalue weighted by Gasteiger charge is 2.17. The summed E-state index contributed by atoms with van der Waals surface area (Å²) in [6.45, 7) is 3.04. The summed E-state index contributed by atoms with van der Waals surface area (Å²) in [5.41, 5.74) is 0.0857. The molecule has 0 atom stereocenters. The molecule has 1 saturated heterocycles. The van der Waals surface area contributed by atoms with Crippen LogP contribution in [0.25, 0.3) is 0 Å². The Morgan fingerprint density at radius 3 is 2.89 bits per heavy atom. The number of likely N-dealkylation sites (tertiary alicyclic amines) is 1. The molecular formula is C13H18ClN3O2. The third kappa shape index (κ3) is 3.81. The van der Waals surface area contributed by atoms with Gasteiger partial charge in [0.2, 0.25) is 0 Å². The number of halogens is 1. The molecule has 0 saturated carbocycles. The fourth-order valence-corrected chi connectivity index (χ4v) is 2.40.